The molecule has 2 rings (SSSR count). The minimum Gasteiger partial charge on any atom is -0.232 e. The second kappa shape index (κ2) is 7.30. The largest absolute Gasteiger partial charge is 0.232 e. The summed E-state index contributed by atoms with van der Waals surface area (Å²) in [5.41, 5.74) is 1.79. The first-order valence-electron chi connectivity index (χ1n) is 8.73. The lowest BCUT2D eigenvalue weighted by molar-refractivity contribution is -0.586. The van der Waals surface area contributed by atoms with Crippen LogP contribution in [0.25, 0.3) is 0 Å². The van der Waals surface area contributed by atoms with Gasteiger partial charge in [0.25, 0.3) is 0 Å². The van der Waals surface area contributed by atoms with Crippen LogP contribution in [0.2, 0.25) is 0 Å². The van der Waals surface area contributed by atoms with E-state index in [1.54, 1.807) is 5.71 Å². The van der Waals surface area contributed by atoms with Gasteiger partial charge in [0.15, 0.2) is 5.71 Å². The molecule has 2 unspecified atom stereocenters. The van der Waals surface area contributed by atoms with E-state index in [2.05, 4.69) is 44.1 Å². The molecule has 2 aliphatic carbocycles. The Morgan fingerprint density at radius 1 is 0.800 bits per heavy atom. The molecular weight excluding hydrogens is 242 g/mol. The molecule has 1 nitrogen and oxygen atoms in total. The van der Waals surface area contributed by atoms with Gasteiger partial charge < -0.3 is 0 Å². The van der Waals surface area contributed by atoms with Crippen molar-refractivity contribution in [2.24, 2.45) is 11.8 Å². The zero-order chi connectivity index (χ0) is 14.5. The van der Waals surface area contributed by atoms with Crippen molar-refractivity contribution < 1.29 is 4.58 Å². The summed E-state index contributed by atoms with van der Waals surface area (Å²) in [6, 6.07) is 1.30. The van der Waals surface area contributed by atoms with Crippen molar-refractivity contribution in [3.63, 3.8) is 0 Å². The van der Waals surface area contributed by atoms with Crippen molar-refractivity contribution in [1.29, 1.82) is 0 Å². The smallest absolute Gasteiger partial charge is 0.160 e. The number of fused-ring (bicyclic) bond motifs is 1. The first-order valence-corrected chi connectivity index (χ1v) is 8.73. The van der Waals surface area contributed by atoms with Gasteiger partial charge in [-0.15, -0.1) is 11.8 Å². The SMILES string of the molecule is CC(C)[N+](=C1C2CCCCC#CCCCCC12)C(C)C. The maximum absolute atomic E-state index is 3.33. The number of hydrogen-bond acceptors (Lipinski definition) is 0. The summed E-state index contributed by atoms with van der Waals surface area (Å²) in [5.74, 6) is 8.46. The van der Waals surface area contributed by atoms with Crippen LogP contribution in [0.5, 0.6) is 0 Å². The molecule has 0 aromatic heterocycles. The van der Waals surface area contributed by atoms with E-state index in [1.807, 2.05) is 0 Å². The third-order valence-electron chi connectivity index (χ3n) is 4.81. The Hall–Kier alpha value is -0.770. The third kappa shape index (κ3) is 3.87. The van der Waals surface area contributed by atoms with Gasteiger partial charge in [0.05, 0.1) is 11.8 Å². The van der Waals surface area contributed by atoms with Crippen LogP contribution >= 0.6 is 0 Å². The van der Waals surface area contributed by atoms with Gasteiger partial charge in [-0.05, 0) is 53.4 Å². The Morgan fingerprint density at radius 2 is 1.25 bits per heavy atom. The summed E-state index contributed by atoms with van der Waals surface area (Å²) >= 11 is 0. The van der Waals surface area contributed by atoms with Gasteiger partial charge in [0, 0.05) is 12.8 Å². The maximum atomic E-state index is 3.33. The summed E-state index contributed by atoms with van der Waals surface area (Å²) in [7, 11) is 0. The molecule has 1 fully saturated rings. The first-order chi connectivity index (χ1) is 9.63. The summed E-state index contributed by atoms with van der Waals surface area (Å²) in [5, 5.41) is 0. The fourth-order valence-electron chi connectivity index (χ4n) is 3.97. The molecule has 0 radical (unpaired) electrons. The lowest BCUT2D eigenvalue weighted by Crippen LogP contribution is -2.30. The molecule has 0 bridgehead atoms. The van der Waals surface area contributed by atoms with Gasteiger partial charge in [-0.25, -0.2) is 4.58 Å². The van der Waals surface area contributed by atoms with Crippen LogP contribution < -0.4 is 0 Å². The topological polar surface area (TPSA) is 3.01 Å². The minimum atomic E-state index is 0.650. The quantitative estimate of drug-likeness (QED) is 0.510. The predicted molar refractivity (Wildman–Crippen MR) is 87.2 cm³/mol. The van der Waals surface area contributed by atoms with Crippen LogP contribution in [-0.4, -0.2) is 22.4 Å². The molecule has 1 heteroatoms. The molecule has 112 valence electrons. The Morgan fingerprint density at radius 3 is 1.65 bits per heavy atom. The van der Waals surface area contributed by atoms with E-state index in [4.69, 9.17) is 0 Å². The van der Waals surface area contributed by atoms with E-state index in [0.717, 1.165) is 24.7 Å². The molecule has 0 aliphatic heterocycles. The van der Waals surface area contributed by atoms with Gasteiger partial charge in [-0.3, -0.25) is 0 Å². The van der Waals surface area contributed by atoms with E-state index >= 15 is 0 Å². The summed E-state index contributed by atoms with van der Waals surface area (Å²) in [6.45, 7) is 9.39. The molecule has 0 aromatic carbocycles. The second-order valence-corrected chi connectivity index (χ2v) is 7.08. The minimum absolute atomic E-state index is 0.650. The third-order valence-corrected chi connectivity index (χ3v) is 4.81. The molecule has 2 aliphatic rings. The van der Waals surface area contributed by atoms with Crippen LogP contribution in [0.1, 0.15) is 79.1 Å². The Kier molecular flexibility index (Phi) is 5.70. The standard InChI is InChI=1S/C19H32N/c1-15(2)20(16(3)4)19-17-13-11-9-7-5-6-8-10-12-14-18(17)19/h15-18H,7-14H2,1-4H3/q+1. The Balaban J connectivity index is 2.08. The van der Waals surface area contributed by atoms with Crippen LogP contribution in [-0.2, 0) is 0 Å². The molecule has 0 N–H and O–H groups in total. The molecule has 0 spiro atoms. The number of rotatable bonds is 2. The summed E-state index contributed by atoms with van der Waals surface area (Å²) in [6.07, 6.45) is 10.4. The predicted octanol–water partition coefficient (Wildman–Crippen LogP) is 4.64. The number of nitrogens with zero attached hydrogens (tertiary/aromatic N) is 1. The van der Waals surface area contributed by atoms with Crippen molar-refractivity contribution in [3.05, 3.63) is 0 Å². The molecule has 20 heavy (non-hydrogen) atoms. The van der Waals surface area contributed by atoms with Gasteiger partial charge >= 0.3 is 0 Å². The molecule has 0 aromatic rings. The van der Waals surface area contributed by atoms with E-state index in [1.165, 1.54) is 38.5 Å². The van der Waals surface area contributed by atoms with Gasteiger partial charge in [-0.1, -0.05) is 12.8 Å². The highest BCUT2D eigenvalue weighted by molar-refractivity contribution is 6.00. The molecule has 1 saturated carbocycles. The average Bonchev–Trinajstić information content (AvgIpc) is 3.00. The summed E-state index contributed by atoms with van der Waals surface area (Å²) in [4.78, 5) is 0. The van der Waals surface area contributed by atoms with Crippen molar-refractivity contribution in [2.45, 2.75) is 91.1 Å². The van der Waals surface area contributed by atoms with Crippen LogP contribution in [0, 0.1) is 23.7 Å². The van der Waals surface area contributed by atoms with Gasteiger partial charge in [0.1, 0.15) is 12.1 Å². The Bertz CT molecular complexity index is 371. The van der Waals surface area contributed by atoms with E-state index in [-0.39, 0.29) is 0 Å². The average molecular weight is 274 g/mol. The van der Waals surface area contributed by atoms with Crippen molar-refractivity contribution in [3.8, 4) is 11.8 Å². The fraction of sp³-hybridized carbons (Fsp3) is 0.842. The second-order valence-electron chi connectivity index (χ2n) is 7.08. The van der Waals surface area contributed by atoms with E-state index in [9.17, 15) is 0 Å². The highest BCUT2D eigenvalue weighted by Gasteiger charge is 2.53. The molecule has 2 atom stereocenters. The monoisotopic (exact) mass is 274 g/mol. The molecular formula is C19H32N+. The van der Waals surface area contributed by atoms with Crippen molar-refractivity contribution in [1.82, 2.24) is 0 Å². The zero-order valence-electron chi connectivity index (χ0n) is 13.9. The van der Waals surface area contributed by atoms with Gasteiger partial charge in [0.2, 0.25) is 0 Å². The Labute approximate surface area is 125 Å². The van der Waals surface area contributed by atoms with Crippen molar-refractivity contribution >= 4 is 5.71 Å². The molecule has 0 heterocycles. The normalized spacial score (nSPS) is 27.2. The lowest BCUT2D eigenvalue weighted by Gasteiger charge is -2.11. The highest BCUT2D eigenvalue weighted by atomic mass is 15.1. The van der Waals surface area contributed by atoms with Crippen LogP contribution in [0.15, 0.2) is 0 Å². The number of hydrogen-bond donors (Lipinski definition) is 0. The van der Waals surface area contributed by atoms with E-state index in [0.29, 0.717) is 12.1 Å². The highest BCUT2D eigenvalue weighted by Crippen LogP contribution is 2.43. The summed E-state index contributed by atoms with van der Waals surface area (Å²) < 4.78 is 2.70. The maximum Gasteiger partial charge on any atom is 0.160 e. The van der Waals surface area contributed by atoms with Gasteiger partial charge in [-0.2, -0.15) is 0 Å². The lowest BCUT2D eigenvalue weighted by atomic mass is 10.1. The van der Waals surface area contributed by atoms with Crippen molar-refractivity contribution in [2.75, 3.05) is 0 Å². The van der Waals surface area contributed by atoms with Crippen LogP contribution in [0.4, 0.5) is 0 Å². The molecule has 0 amide bonds. The fourth-order valence-corrected chi connectivity index (χ4v) is 3.97. The first kappa shape index (κ1) is 15.6. The zero-order valence-corrected chi connectivity index (χ0v) is 13.9. The molecule has 0 saturated heterocycles. The van der Waals surface area contributed by atoms with Crippen LogP contribution in [0.3, 0.4) is 0 Å². The van der Waals surface area contributed by atoms with E-state index < -0.39 is 0 Å².